The summed E-state index contributed by atoms with van der Waals surface area (Å²) in [5.74, 6) is -0.545. The van der Waals surface area contributed by atoms with Crippen molar-refractivity contribution in [2.24, 2.45) is 0 Å². The van der Waals surface area contributed by atoms with Crippen molar-refractivity contribution in [2.45, 2.75) is 45.4 Å². The Bertz CT molecular complexity index is 657. The molecule has 2 heterocycles. The molecule has 0 aromatic heterocycles. The highest BCUT2D eigenvalue weighted by Crippen LogP contribution is 2.45. The molecular weight excluding hydrogens is 316 g/mol. The molecule has 0 bridgehead atoms. The molecule has 1 aromatic rings. The number of anilines is 1. The van der Waals surface area contributed by atoms with Crippen molar-refractivity contribution < 1.29 is 14.7 Å². The van der Waals surface area contributed by atoms with Gasteiger partial charge < -0.3 is 15.3 Å². The van der Waals surface area contributed by atoms with Crippen molar-refractivity contribution in [3.8, 4) is 0 Å². The molecule has 0 aliphatic carbocycles. The van der Waals surface area contributed by atoms with Crippen molar-refractivity contribution in [2.75, 3.05) is 24.5 Å². The Hall–Kier alpha value is -2.14. The SMILES string of the molecule is CC(=O)O.CCC(C)=CCCN1C(=O)C2(CCNC2)c2ccccc21. The first-order valence-electron chi connectivity index (χ1n) is 8.89. The summed E-state index contributed by atoms with van der Waals surface area (Å²) in [7, 11) is 0. The largest absolute Gasteiger partial charge is 0.481 e. The Kier molecular flexibility index (Phi) is 6.37. The fourth-order valence-corrected chi connectivity index (χ4v) is 3.51. The topological polar surface area (TPSA) is 69.6 Å². The average Bonchev–Trinajstić information content (AvgIpc) is 3.15. The molecule has 136 valence electrons. The van der Waals surface area contributed by atoms with Crippen LogP contribution in [-0.2, 0) is 15.0 Å². The van der Waals surface area contributed by atoms with Crippen LogP contribution in [0.3, 0.4) is 0 Å². The number of benzene rings is 1. The number of fused-ring (bicyclic) bond motifs is 2. The molecule has 2 aliphatic rings. The fourth-order valence-electron chi connectivity index (χ4n) is 3.51. The zero-order valence-corrected chi connectivity index (χ0v) is 15.3. The van der Waals surface area contributed by atoms with Gasteiger partial charge in [-0.2, -0.15) is 0 Å². The third-order valence-electron chi connectivity index (χ3n) is 4.92. The first-order chi connectivity index (χ1) is 11.9. The predicted molar refractivity (Wildman–Crippen MR) is 99.9 cm³/mol. The predicted octanol–water partition coefficient (Wildman–Crippen LogP) is 3.10. The monoisotopic (exact) mass is 344 g/mol. The summed E-state index contributed by atoms with van der Waals surface area (Å²) in [6.07, 6.45) is 5.19. The first-order valence-corrected chi connectivity index (χ1v) is 8.89. The van der Waals surface area contributed by atoms with E-state index in [-0.39, 0.29) is 11.3 Å². The van der Waals surface area contributed by atoms with E-state index in [2.05, 4.69) is 43.4 Å². The number of carboxylic acid groups (broad SMARTS) is 1. The third kappa shape index (κ3) is 4.10. The van der Waals surface area contributed by atoms with Crippen LogP contribution in [-0.4, -0.2) is 36.6 Å². The molecule has 25 heavy (non-hydrogen) atoms. The van der Waals surface area contributed by atoms with Gasteiger partial charge in [0.05, 0.1) is 5.41 Å². The Morgan fingerprint density at radius 2 is 2.04 bits per heavy atom. The van der Waals surface area contributed by atoms with E-state index in [1.165, 1.54) is 11.1 Å². The molecule has 1 atom stereocenters. The van der Waals surface area contributed by atoms with E-state index < -0.39 is 5.97 Å². The Labute approximate surface area is 149 Å². The van der Waals surface area contributed by atoms with Crippen LogP contribution in [0.2, 0.25) is 0 Å². The Morgan fingerprint density at radius 3 is 2.64 bits per heavy atom. The van der Waals surface area contributed by atoms with Gasteiger partial charge in [0.25, 0.3) is 5.97 Å². The number of allylic oxidation sites excluding steroid dienone is 1. The molecule has 1 saturated heterocycles. The third-order valence-corrected chi connectivity index (χ3v) is 4.92. The van der Waals surface area contributed by atoms with Gasteiger partial charge in [0.1, 0.15) is 0 Å². The van der Waals surface area contributed by atoms with Crippen molar-refractivity contribution in [1.82, 2.24) is 5.32 Å². The number of nitrogens with one attached hydrogen (secondary N) is 1. The van der Waals surface area contributed by atoms with Gasteiger partial charge in [-0.05, 0) is 44.4 Å². The fraction of sp³-hybridized carbons (Fsp3) is 0.500. The second kappa shape index (κ2) is 8.30. The molecule has 3 rings (SSSR count). The summed E-state index contributed by atoms with van der Waals surface area (Å²) in [5, 5.41) is 10.8. The number of amides is 1. The second-order valence-electron chi connectivity index (χ2n) is 6.69. The van der Waals surface area contributed by atoms with Gasteiger partial charge in [-0.15, -0.1) is 0 Å². The zero-order chi connectivity index (χ0) is 18.4. The Balaban J connectivity index is 0.000000511. The molecule has 2 N–H and O–H groups in total. The number of aliphatic carboxylic acids is 1. The number of rotatable bonds is 4. The van der Waals surface area contributed by atoms with E-state index in [9.17, 15) is 4.79 Å². The molecule has 5 nitrogen and oxygen atoms in total. The van der Waals surface area contributed by atoms with Crippen molar-refractivity contribution in [3.63, 3.8) is 0 Å². The van der Waals surface area contributed by atoms with E-state index in [4.69, 9.17) is 9.90 Å². The van der Waals surface area contributed by atoms with Gasteiger partial charge in [0.2, 0.25) is 5.91 Å². The molecule has 1 unspecified atom stereocenters. The number of hydrogen-bond donors (Lipinski definition) is 2. The number of para-hydroxylation sites is 1. The van der Waals surface area contributed by atoms with E-state index in [0.29, 0.717) is 0 Å². The summed E-state index contributed by atoms with van der Waals surface area (Å²) in [6, 6.07) is 8.31. The van der Waals surface area contributed by atoms with E-state index >= 15 is 0 Å². The van der Waals surface area contributed by atoms with Crippen LogP contribution >= 0.6 is 0 Å². The molecular formula is C20H28N2O3. The van der Waals surface area contributed by atoms with Crippen molar-refractivity contribution in [3.05, 3.63) is 41.5 Å². The standard InChI is InChI=1S/C18H24N2O.C2H4O2/c1-3-14(2)7-6-12-20-16-9-5-4-8-15(16)18(17(20)21)10-11-19-13-18;1-2(3)4/h4-5,7-9,19H,3,6,10-13H2,1-2H3;1H3,(H,3,4). The van der Waals surface area contributed by atoms with Crippen LogP contribution in [0.25, 0.3) is 0 Å². The normalized spacial score (nSPS) is 22.0. The maximum atomic E-state index is 13.0. The van der Waals surface area contributed by atoms with E-state index in [0.717, 1.165) is 51.5 Å². The lowest BCUT2D eigenvalue weighted by Gasteiger charge is -2.22. The first kappa shape index (κ1) is 19.2. The van der Waals surface area contributed by atoms with Crippen molar-refractivity contribution >= 4 is 17.6 Å². The van der Waals surface area contributed by atoms with Crippen LogP contribution in [0.1, 0.15) is 45.6 Å². The highest BCUT2D eigenvalue weighted by atomic mass is 16.4. The van der Waals surface area contributed by atoms with E-state index in [1.807, 2.05) is 11.0 Å². The minimum atomic E-state index is -0.833. The smallest absolute Gasteiger partial charge is 0.300 e. The van der Waals surface area contributed by atoms with Crippen LogP contribution in [0.15, 0.2) is 35.9 Å². The molecule has 0 radical (unpaired) electrons. The quantitative estimate of drug-likeness (QED) is 0.824. The molecule has 2 aliphatic heterocycles. The maximum Gasteiger partial charge on any atom is 0.300 e. The number of carbonyl (C=O) groups excluding carboxylic acids is 1. The van der Waals surface area contributed by atoms with Crippen LogP contribution in [0.5, 0.6) is 0 Å². The summed E-state index contributed by atoms with van der Waals surface area (Å²) in [6.45, 7) is 7.91. The molecule has 1 amide bonds. The summed E-state index contributed by atoms with van der Waals surface area (Å²) >= 11 is 0. The molecule has 5 heteroatoms. The number of nitrogens with zero attached hydrogens (tertiary/aromatic N) is 1. The maximum absolute atomic E-state index is 13.0. The van der Waals surface area contributed by atoms with Crippen molar-refractivity contribution in [1.29, 1.82) is 0 Å². The minimum absolute atomic E-state index is 0.288. The van der Waals surface area contributed by atoms with E-state index in [1.54, 1.807) is 0 Å². The molecule has 1 fully saturated rings. The lowest BCUT2D eigenvalue weighted by molar-refractivity contribution is -0.134. The zero-order valence-electron chi connectivity index (χ0n) is 15.3. The van der Waals surface area contributed by atoms with Gasteiger partial charge >= 0.3 is 0 Å². The number of carbonyl (C=O) groups is 2. The Morgan fingerprint density at radius 1 is 1.36 bits per heavy atom. The highest BCUT2D eigenvalue weighted by Gasteiger charge is 2.51. The molecule has 1 spiro atoms. The van der Waals surface area contributed by atoms with Gasteiger partial charge in [-0.3, -0.25) is 9.59 Å². The van der Waals surface area contributed by atoms with Crippen LogP contribution in [0, 0.1) is 0 Å². The summed E-state index contributed by atoms with van der Waals surface area (Å²) in [4.78, 5) is 24.0. The van der Waals surface area contributed by atoms with Crippen LogP contribution < -0.4 is 10.2 Å². The van der Waals surface area contributed by atoms with Gasteiger partial charge in [-0.25, -0.2) is 0 Å². The van der Waals surface area contributed by atoms with Crippen LogP contribution in [0.4, 0.5) is 5.69 Å². The number of hydrogen-bond acceptors (Lipinski definition) is 3. The van der Waals surface area contributed by atoms with Gasteiger partial charge in [0.15, 0.2) is 0 Å². The minimum Gasteiger partial charge on any atom is -0.481 e. The highest BCUT2D eigenvalue weighted by molar-refractivity contribution is 6.08. The molecule has 0 saturated carbocycles. The average molecular weight is 344 g/mol. The molecule has 1 aromatic carbocycles. The number of carboxylic acids is 1. The summed E-state index contributed by atoms with van der Waals surface area (Å²) in [5.41, 5.74) is 3.43. The lowest BCUT2D eigenvalue weighted by Crippen LogP contribution is -2.42. The second-order valence-corrected chi connectivity index (χ2v) is 6.69. The van der Waals surface area contributed by atoms with Gasteiger partial charge in [-0.1, -0.05) is 36.8 Å². The van der Waals surface area contributed by atoms with Gasteiger partial charge in [0, 0.05) is 25.7 Å². The summed E-state index contributed by atoms with van der Waals surface area (Å²) < 4.78 is 0. The lowest BCUT2D eigenvalue weighted by atomic mass is 9.81.